The molecule has 1 aromatic carbocycles. The van der Waals surface area contributed by atoms with Crippen molar-refractivity contribution in [1.82, 2.24) is 0 Å². The number of rotatable bonds is 4. The predicted molar refractivity (Wildman–Crippen MR) is 54.2 cm³/mol. The van der Waals surface area contributed by atoms with Gasteiger partial charge in [0.05, 0.1) is 10.5 Å². The molecule has 0 spiro atoms. The minimum absolute atomic E-state index is 0.134. The average Bonchev–Trinajstić information content (AvgIpc) is 2.25. The first-order chi connectivity index (χ1) is 7.52. The Balaban J connectivity index is 3.09. The van der Waals surface area contributed by atoms with Crippen molar-refractivity contribution in [3.05, 3.63) is 52.1 Å². The number of carboxylic acids is 1. The van der Waals surface area contributed by atoms with Gasteiger partial charge in [-0.05, 0) is 12.1 Å². The molecule has 1 aromatic rings. The molecule has 0 amide bonds. The molecule has 0 aliphatic carbocycles. The van der Waals surface area contributed by atoms with E-state index in [1.54, 1.807) is 0 Å². The summed E-state index contributed by atoms with van der Waals surface area (Å²) in [6, 6.07) is 5.35. The monoisotopic (exact) mass is 221 g/mol. The zero-order valence-electron chi connectivity index (χ0n) is 7.99. The lowest BCUT2D eigenvalue weighted by Crippen LogP contribution is -2.01. The van der Waals surface area contributed by atoms with Gasteiger partial charge in [0, 0.05) is 12.1 Å². The molecule has 0 radical (unpaired) electrons. The largest absolute Gasteiger partial charge is 0.478 e. The van der Waals surface area contributed by atoms with E-state index in [9.17, 15) is 19.7 Å². The Labute approximate surface area is 90.0 Å². The smallest absolute Gasteiger partial charge is 0.328 e. The maximum atomic E-state index is 11.4. The van der Waals surface area contributed by atoms with Crippen LogP contribution in [0.25, 0.3) is 0 Å². The first-order valence-corrected chi connectivity index (χ1v) is 4.21. The van der Waals surface area contributed by atoms with E-state index in [0.29, 0.717) is 6.08 Å². The van der Waals surface area contributed by atoms with Crippen molar-refractivity contribution in [3.63, 3.8) is 0 Å². The Kier molecular flexibility index (Phi) is 3.49. The zero-order valence-corrected chi connectivity index (χ0v) is 7.99. The summed E-state index contributed by atoms with van der Waals surface area (Å²) >= 11 is 0. The zero-order chi connectivity index (χ0) is 12.1. The summed E-state index contributed by atoms with van der Waals surface area (Å²) in [6.45, 7) is 0. The van der Waals surface area contributed by atoms with Crippen molar-refractivity contribution in [3.8, 4) is 0 Å². The molecule has 0 heterocycles. The molecule has 6 nitrogen and oxygen atoms in total. The van der Waals surface area contributed by atoms with Gasteiger partial charge in [0.1, 0.15) is 0 Å². The van der Waals surface area contributed by atoms with Gasteiger partial charge >= 0.3 is 5.97 Å². The van der Waals surface area contributed by atoms with E-state index < -0.39 is 16.7 Å². The summed E-state index contributed by atoms with van der Waals surface area (Å²) in [6.07, 6.45) is 1.42. The summed E-state index contributed by atoms with van der Waals surface area (Å²) < 4.78 is 0. The molecule has 6 heteroatoms. The van der Waals surface area contributed by atoms with Gasteiger partial charge in [-0.15, -0.1) is 0 Å². The molecule has 0 atom stereocenters. The van der Waals surface area contributed by atoms with Crippen LogP contribution in [0.3, 0.4) is 0 Å². The molecule has 1 N–H and O–H groups in total. The van der Waals surface area contributed by atoms with Crippen molar-refractivity contribution in [1.29, 1.82) is 0 Å². The summed E-state index contributed by atoms with van der Waals surface area (Å²) in [5.41, 5.74) is -0.479. The number of hydrogen-bond donors (Lipinski definition) is 1. The molecule has 0 saturated heterocycles. The molecule has 0 fully saturated rings. The molecule has 1 rings (SSSR count). The van der Waals surface area contributed by atoms with Crippen molar-refractivity contribution >= 4 is 17.4 Å². The van der Waals surface area contributed by atoms with Gasteiger partial charge in [-0.1, -0.05) is 12.1 Å². The van der Waals surface area contributed by atoms with Crippen LogP contribution in [0.1, 0.15) is 10.4 Å². The highest BCUT2D eigenvalue weighted by molar-refractivity contribution is 6.09. The van der Waals surface area contributed by atoms with Gasteiger partial charge in [0.15, 0.2) is 5.78 Å². The third kappa shape index (κ3) is 2.74. The van der Waals surface area contributed by atoms with Crippen LogP contribution in [0.2, 0.25) is 0 Å². The highest BCUT2D eigenvalue weighted by Gasteiger charge is 2.16. The first-order valence-electron chi connectivity index (χ1n) is 4.21. The lowest BCUT2D eigenvalue weighted by Gasteiger charge is -1.97. The fourth-order valence-corrected chi connectivity index (χ4v) is 1.08. The number of ketones is 1. The number of aliphatic carboxylic acids is 1. The SMILES string of the molecule is O=C(O)C=CC(=O)c1ccccc1[N+](=O)[O-]. The number of para-hydroxylation sites is 1. The molecule has 16 heavy (non-hydrogen) atoms. The van der Waals surface area contributed by atoms with Crippen LogP contribution in [-0.2, 0) is 4.79 Å². The lowest BCUT2D eigenvalue weighted by molar-refractivity contribution is -0.385. The van der Waals surface area contributed by atoms with E-state index in [4.69, 9.17) is 5.11 Å². The number of carboxylic acid groups (broad SMARTS) is 1. The van der Waals surface area contributed by atoms with Gasteiger partial charge < -0.3 is 5.11 Å². The predicted octanol–water partition coefficient (Wildman–Crippen LogP) is 1.42. The molecule has 0 aliphatic heterocycles. The number of nitro groups is 1. The maximum Gasteiger partial charge on any atom is 0.328 e. The average molecular weight is 221 g/mol. The van der Waals surface area contributed by atoms with Crippen LogP contribution in [0.15, 0.2) is 36.4 Å². The number of carbonyl (C=O) groups excluding carboxylic acids is 1. The maximum absolute atomic E-state index is 11.4. The van der Waals surface area contributed by atoms with Crippen molar-refractivity contribution in [2.24, 2.45) is 0 Å². The number of nitro benzene ring substituents is 1. The number of nitrogens with zero attached hydrogens (tertiary/aromatic N) is 1. The molecule has 0 bridgehead atoms. The minimum Gasteiger partial charge on any atom is -0.478 e. The standard InChI is InChI=1S/C10H7NO5/c12-9(5-6-10(13)14)7-3-1-2-4-8(7)11(15)16/h1-6H,(H,13,14). The van der Waals surface area contributed by atoms with Gasteiger partial charge in [-0.2, -0.15) is 0 Å². The van der Waals surface area contributed by atoms with E-state index in [1.807, 2.05) is 0 Å². The fourth-order valence-electron chi connectivity index (χ4n) is 1.08. The topological polar surface area (TPSA) is 97.5 Å². The second kappa shape index (κ2) is 4.83. The molecule has 0 aliphatic rings. The highest BCUT2D eigenvalue weighted by Crippen LogP contribution is 2.18. The van der Waals surface area contributed by atoms with Crippen LogP contribution in [0.4, 0.5) is 5.69 Å². The third-order valence-electron chi connectivity index (χ3n) is 1.74. The van der Waals surface area contributed by atoms with Gasteiger partial charge in [-0.3, -0.25) is 14.9 Å². The van der Waals surface area contributed by atoms with E-state index in [1.165, 1.54) is 24.3 Å². The second-order valence-corrected chi connectivity index (χ2v) is 2.81. The Hall–Kier alpha value is -2.50. The summed E-state index contributed by atoms with van der Waals surface area (Å²) in [5, 5.41) is 18.9. The Morgan fingerprint density at radius 1 is 1.25 bits per heavy atom. The number of allylic oxidation sites excluding steroid dienone is 1. The second-order valence-electron chi connectivity index (χ2n) is 2.81. The number of hydrogen-bond acceptors (Lipinski definition) is 4. The van der Waals surface area contributed by atoms with Crippen molar-refractivity contribution in [2.75, 3.05) is 0 Å². The summed E-state index contributed by atoms with van der Waals surface area (Å²) in [4.78, 5) is 31.5. The number of carbonyl (C=O) groups is 2. The van der Waals surface area contributed by atoms with Crippen LogP contribution in [0.5, 0.6) is 0 Å². The lowest BCUT2D eigenvalue weighted by atomic mass is 10.1. The fraction of sp³-hybridized carbons (Fsp3) is 0. The van der Waals surface area contributed by atoms with Crippen molar-refractivity contribution in [2.45, 2.75) is 0 Å². The van der Waals surface area contributed by atoms with E-state index in [-0.39, 0.29) is 11.3 Å². The normalized spacial score (nSPS) is 10.2. The first kappa shape index (κ1) is 11.6. The molecule has 0 unspecified atom stereocenters. The Bertz CT molecular complexity index is 478. The van der Waals surface area contributed by atoms with Crippen LogP contribution >= 0.6 is 0 Å². The highest BCUT2D eigenvalue weighted by atomic mass is 16.6. The van der Waals surface area contributed by atoms with Crippen molar-refractivity contribution < 1.29 is 19.6 Å². The molecule has 0 aromatic heterocycles. The minimum atomic E-state index is -1.29. The van der Waals surface area contributed by atoms with E-state index >= 15 is 0 Å². The molecule has 0 saturated carbocycles. The third-order valence-corrected chi connectivity index (χ3v) is 1.74. The Morgan fingerprint density at radius 2 is 1.88 bits per heavy atom. The van der Waals surface area contributed by atoms with Crippen LogP contribution in [-0.4, -0.2) is 21.8 Å². The van der Waals surface area contributed by atoms with Gasteiger partial charge in [0.2, 0.25) is 0 Å². The summed E-state index contributed by atoms with van der Waals surface area (Å²) in [7, 11) is 0. The Morgan fingerprint density at radius 3 is 2.44 bits per heavy atom. The van der Waals surface area contributed by atoms with E-state index in [0.717, 1.165) is 6.08 Å². The van der Waals surface area contributed by atoms with Gasteiger partial charge in [0.25, 0.3) is 5.69 Å². The van der Waals surface area contributed by atoms with E-state index in [2.05, 4.69) is 0 Å². The molecule has 82 valence electrons. The quantitative estimate of drug-likeness (QED) is 0.359. The number of benzene rings is 1. The molecular formula is C10H7NO5. The summed E-state index contributed by atoms with van der Waals surface area (Å²) in [5.74, 6) is -2.00. The van der Waals surface area contributed by atoms with Gasteiger partial charge in [-0.25, -0.2) is 4.79 Å². The van der Waals surface area contributed by atoms with Crippen LogP contribution < -0.4 is 0 Å². The molecular weight excluding hydrogens is 214 g/mol. The van der Waals surface area contributed by atoms with Crippen LogP contribution in [0, 0.1) is 10.1 Å².